The van der Waals surface area contributed by atoms with Crippen LogP contribution in [0.3, 0.4) is 0 Å². The van der Waals surface area contributed by atoms with Gasteiger partial charge in [-0.1, -0.05) is 103 Å². The first-order valence-electron chi connectivity index (χ1n) is 9.08. The highest BCUT2D eigenvalue weighted by Crippen LogP contribution is 2.42. The van der Waals surface area contributed by atoms with Gasteiger partial charge in [0.05, 0.1) is 0 Å². The molecule has 0 spiro atoms. The highest BCUT2D eigenvalue weighted by atomic mass is 35.5. The average Bonchev–Trinajstić information content (AvgIpc) is 2.73. The number of benzene rings is 5. The van der Waals surface area contributed by atoms with Gasteiger partial charge in [0.25, 0.3) is 0 Å². The summed E-state index contributed by atoms with van der Waals surface area (Å²) in [6.45, 7) is 0. The predicted octanol–water partition coefficient (Wildman–Crippen LogP) is 7.98. The Labute approximate surface area is 163 Å². The Hall–Kier alpha value is -3.09. The van der Waals surface area contributed by atoms with Crippen LogP contribution in [0.2, 0.25) is 5.02 Å². The maximum Gasteiger partial charge on any atom is 0.0490 e. The van der Waals surface area contributed by atoms with Gasteiger partial charge in [-0.3, -0.25) is 0 Å². The number of fused-ring (bicyclic) bond motifs is 3. The minimum Gasteiger partial charge on any atom is -0.0836 e. The topological polar surface area (TPSA) is 0 Å². The molecule has 0 aliphatic rings. The molecule has 0 aromatic heterocycles. The third kappa shape index (κ3) is 2.70. The lowest BCUT2D eigenvalue weighted by atomic mass is 9.89. The molecule has 0 unspecified atom stereocenters. The summed E-state index contributed by atoms with van der Waals surface area (Å²) in [5.74, 6) is 0. The first-order valence-corrected chi connectivity index (χ1v) is 9.45. The number of hydrogen-bond donors (Lipinski definition) is 0. The van der Waals surface area contributed by atoms with Crippen molar-refractivity contribution >= 4 is 33.1 Å². The van der Waals surface area contributed by atoms with Crippen molar-refractivity contribution in [3.8, 4) is 22.3 Å². The summed E-state index contributed by atoms with van der Waals surface area (Å²) in [6.07, 6.45) is 0. The van der Waals surface area contributed by atoms with Crippen molar-refractivity contribution in [1.29, 1.82) is 0 Å². The van der Waals surface area contributed by atoms with Crippen molar-refractivity contribution in [2.75, 3.05) is 0 Å². The molecule has 0 atom stereocenters. The van der Waals surface area contributed by atoms with Crippen molar-refractivity contribution < 1.29 is 0 Å². The van der Waals surface area contributed by atoms with Gasteiger partial charge in [0.15, 0.2) is 0 Å². The zero-order valence-electron chi connectivity index (χ0n) is 14.7. The zero-order valence-corrected chi connectivity index (χ0v) is 15.4. The van der Waals surface area contributed by atoms with E-state index < -0.39 is 0 Å². The fourth-order valence-corrected chi connectivity index (χ4v) is 4.21. The molecule has 27 heavy (non-hydrogen) atoms. The van der Waals surface area contributed by atoms with Crippen molar-refractivity contribution in [1.82, 2.24) is 0 Å². The summed E-state index contributed by atoms with van der Waals surface area (Å²) in [6, 6.07) is 36.0. The second kappa shape index (κ2) is 6.57. The van der Waals surface area contributed by atoms with Crippen LogP contribution in [0, 0.1) is 0 Å². The zero-order chi connectivity index (χ0) is 18.2. The van der Waals surface area contributed by atoms with Crippen LogP contribution in [0.1, 0.15) is 0 Å². The monoisotopic (exact) mass is 364 g/mol. The fraction of sp³-hybridized carbons (Fsp3) is 0. The van der Waals surface area contributed by atoms with E-state index in [9.17, 15) is 0 Å². The van der Waals surface area contributed by atoms with Crippen molar-refractivity contribution in [2.24, 2.45) is 0 Å². The molecule has 0 heterocycles. The SMILES string of the molecule is Clc1cccc(-c2cc3ccccc3c3ccccc23)c1-c1ccccc1. The summed E-state index contributed by atoms with van der Waals surface area (Å²) in [5, 5.41) is 5.81. The Bertz CT molecular complexity index is 1270. The Morgan fingerprint density at radius 2 is 1.15 bits per heavy atom. The van der Waals surface area contributed by atoms with Crippen LogP contribution in [0.15, 0.2) is 103 Å². The second-order valence-corrected chi connectivity index (χ2v) is 7.13. The molecular weight excluding hydrogens is 348 g/mol. The second-order valence-electron chi connectivity index (χ2n) is 6.72. The standard InChI is InChI=1S/C26H17Cl/c27-25-16-8-15-23(26(25)18-9-2-1-3-10-18)24-17-19-11-4-5-12-20(19)21-13-6-7-14-22(21)24/h1-17H. The normalized spacial score (nSPS) is 11.1. The summed E-state index contributed by atoms with van der Waals surface area (Å²) >= 11 is 6.68. The molecular formula is C26H17Cl. The summed E-state index contributed by atoms with van der Waals surface area (Å²) in [4.78, 5) is 0. The molecule has 0 bridgehead atoms. The third-order valence-electron chi connectivity index (χ3n) is 5.13. The van der Waals surface area contributed by atoms with Crippen molar-refractivity contribution in [2.45, 2.75) is 0 Å². The molecule has 5 rings (SSSR count). The van der Waals surface area contributed by atoms with Crippen LogP contribution in [0.4, 0.5) is 0 Å². The Kier molecular flexibility index (Phi) is 3.92. The average molecular weight is 365 g/mol. The smallest absolute Gasteiger partial charge is 0.0490 e. The van der Waals surface area contributed by atoms with E-state index in [-0.39, 0.29) is 0 Å². The lowest BCUT2D eigenvalue weighted by molar-refractivity contribution is 1.60. The van der Waals surface area contributed by atoms with Gasteiger partial charge < -0.3 is 0 Å². The van der Waals surface area contributed by atoms with E-state index in [1.807, 2.05) is 18.2 Å². The third-order valence-corrected chi connectivity index (χ3v) is 5.45. The summed E-state index contributed by atoms with van der Waals surface area (Å²) in [5.41, 5.74) is 4.59. The maximum atomic E-state index is 6.68. The first kappa shape index (κ1) is 16.1. The van der Waals surface area contributed by atoms with E-state index in [4.69, 9.17) is 11.6 Å². The van der Waals surface area contributed by atoms with Crippen LogP contribution < -0.4 is 0 Å². The van der Waals surface area contributed by atoms with Crippen LogP contribution in [0.25, 0.3) is 43.8 Å². The Morgan fingerprint density at radius 1 is 0.481 bits per heavy atom. The molecule has 1 heteroatoms. The lowest BCUT2D eigenvalue weighted by Crippen LogP contribution is -1.89. The van der Waals surface area contributed by atoms with E-state index >= 15 is 0 Å². The highest BCUT2D eigenvalue weighted by molar-refractivity contribution is 6.34. The van der Waals surface area contributed by atoms with Crippen molar-refractivity contribution in [3.05, 3.63) is 108 Å². The molecule has 0 nitrogen and oxygen atoms in total. The van der Waals surface area contributed by atoms with E-state index in [0.717, 1.165) is 21.7 Å². The van der Waals surface area contributed by atoms with Gasteiger partial charge >= 0.3 is 0 Å². The van der Waals surface area contributed by atoms with Crippen LogP contribution in [0.5, 0.6) is 0 Å². The van der Waals surface area contributed by atoms with E-state index in [1.165, 1.54) is 27.1 Å². The highest BCUT2D eigenvalue weighted by Gasteiger charge is 2.14. The van der Waals surface area contributed by atoms with Crippen molar-refractivity contribution in [3.63, 3.8) is 0 Å². The molecule has 128 valence electrons. The van der Waals surface area contributed by atoms with Crippen LogP contribution in [-0.4, -0.2) is 0 Å². The maximum absolute atomic E-state index is 6.68. The Balaban J connectivity index is 1.91. The quantitative estimate of drug-likeness (QED) is 0.278. The van der Waals surface area contributed by atoms with Gasteiger partial charge in [-0.25, -0.2) is 0 Å². The Morgan fingerprint density at radius 3 is 1.96 bits per heavy atom. The van der Waals surface area contributed by atoms with Gasteiger partial charge in [-0.15, -0.1) is 0 Å². The molecule has 0 aliphatic heterocycles. The fourth-order valence-electron chi connectivity index (χ4n) is 3.92. The van der Waals surface area contributed by atoms with Gasteiger partial charge in [0.2, 0.25) is 0 Å². The molecule has 5 aromatic carbocycles. The molecule has 0 aliphatic carbocycles. The minimum absolute atomic E-state index is 0.774. The van der Waals surface area contributed by atoms with Crippen LogP contribution in [-0.2, 0) is 0 Å². The minimum atomic E-state index is 0.774. The van der Waals surface area contributed by atoms with E-state index in [2.05, 4.69) is 84.9 Å². The van der Waals surface area contributed by atoms with Gasteiger partial charge in [-0.05, 0) is 50.4 Å². The molecule has 0 amide bonds. The van der Waals surface area contributed by atoms with Gasteiger partial charge in [0, 0.05) is 10.6 Å². The molecule has 0 radical (unpaired) electrons. The summed E-state index contributed by atoms with van der Waals surface area (Å²) < 4.78 is 0. The predicted molar refractivity (Wildman–Crippen MR) is 117 cm³/mol. The number of rotatable bonds is 2. The van der Waals surface area contributed by atoms with Gasteiger partial charge in [-0.2, -0.15) is 0 Å². The van der Waals surface area contributed by atoms with E-state index in [1.54, 1.807) is 0 Å². The van der Waals surface area contributed by atoms with Crippen LogP contribution >= 0.6 is 11.6 Å². The van der Waals surface area contributed by atoms with E-state index in [0.29, 0.717) is 0 Å². The summed E-state index contributed by atoms with van der Waals surface area (Å²) in [7, 11) is 0. The molecule has 0 fully saturated rings. The molecule has 0 saturated carbocycles. The molecule has 0 N–H and O–H groups in total. The first-order chi connectivity index (χ1) is 13.3. The number of hydrogen-bond acceptors (Lipinski definition) is 0. The molecule has 5 aromatic rings. The lowest BCUT2D eigenvalue weighted by Gasteiger charge is -2.16. The largest absolute Gasteiger partial charge is 0.0836 e. The number of halogens is 1. The molecule has 0 saturated heterocycles. The van der Waals surface area contributed by atoms with Gasteiger partial charge in [0.1, 0.15) is 0 Å².